The normalized spacial score (nSPS) is 13.8. The lowest BCUT2D eigenvalue weighted by molar-refractivity contribution is -0.125. The van der Waals surface area contributed by atoms with E-state index in [1.165, 1.54) is 5.56 Å². The number of amides is 2. The van der Waals surface area contributed by atoms with Gasteiger partial charge in [-0.1, -0.05) is 6.07 Å². The van der Waals surface area contributed by atoms with Gasteiger partial charge in [0, 0.05) is 19.5 Å². The minimum atomic E-state index is -3.64. The lowest BCUT2D eigenvalue weighted by Crippen LogP contribution is -2.38. The monoisotopic (exact) mass is 367 g/mol. The van der Waals surface area contributed by atoms with Gasteiger partial charge in [0.15, 0.2) is 0 Å². The second-order valence-electron chi connectivity index (χ2n) is 6.02. The van der Waals surface area contributed by atoms with E-state index in [9.17, 15) is 18.0 Å². The highest BCUT2D eigenvalue weighted by atomic mass is 32.2. The van der Waals surface area contributed by atoms with Crippen molar-refractivity contribution in [1.82, 2.24) is 15.4 Å². The number of aryl methyl sites for hydroxylation is 2. The van der Waals surface area contributed by atoms with Gasteiger partial charge in [-0.15, -0.1) is 0 Å². The number of hydrogen-bond acceptors (Lipinski definition) is 4. The largest absolute Gasteiger partial charge is 0.355 e. The van der Waals surface area contributed by atoms with E-state index in [1.54, 1.807) is 19.1 Å². The van der Waals surface area contributed by atoms with Crippen LogP contribution in [-0.2, 0) is 32.5 Å². The van der Waals surface area contributed by atoms with Crippen molar-refractivity contribution in [3.05, 3.63) is 29.3 Å². The van der Waals surface area contributed by atoms with Gasteiger partial charge in [0.05, 0.1) is 11.4 Å². The summed E-state index contributed by atoms with van der Waals surface area (Å²) in [6.07, 6.45) is 4.10. The lowest BCUT2D eigenvalue weighted by atomic mass is 9.92. The Labute approximate surface area is 148 Å². The molecule has 25 heavy (non-hydrogen) atoms. The lowest BCUT2D eigenvalue weighted by Gasteiger charge is -2.16. The number of likely N-dealkylation sites (N-methyl/N-ethyl adjacent to an activating group) is 1. The standard InChI is InChI=1S/C17H25N3O4S/c1-2-18-17(22)12-19-16(21)9-10-20-25(23,24)15-8-7-13-5-3-4-6-14(13)11-15/h7-8,11,20H,2-6,9-10,12H2,1H3,(H,18,22)(H,19,21). The van der Waals surface area contributed by atoms with Crippen LogP contribution in [0.4, 0.5) is 0 Å². The third-order valence-corrected chi connectivity index (χ3v) is 5.55. The summed E-state index contributed by atoms with van der Waals surface area (Å²) in [5, 5.41) is 5.01. The molecule has 2 amide bonds. The fourth-order valence-corrected chi connectivity index (χ4v) is 3.87. The summed E-state index contributed by atoms with van der Waals surface area (Å²) in [7, 11) is -3.64. The number of fused-ring (bicyclic) bond motifs is 1. The average molecular weight is 367 g/mol. The highest BCUT2D eigenvalue weighted by Crippen LogP contribution is 2.23. The SMILES string of the molecule is CCNC(=O)CNC(=O)CCNS(=O)(=O)c1ccc2c(c1)CCCC2. The highest BCUT2D eigenvalue weighted by molar-refractivity contribution is 7.89. The van der Waals surface area contributed by atoms with E-state index in [1.807, 2.05) is 6.07 Å². The number of hydrogen-bond donors (Lipinski definition) is 3. The minimum Gasteiger partial charge on any atom is -0.355 e. The van der Waals surface area contributed by atoms with Crippen molar-refractivity contribution < 1.29 is 18.0 Å². The molecule has 0 saturated heterocycles. The first-order valence-electron chi connectivity index (χ1n) is 8.57. The Morgan fingerprint density at radius 3 is 2.48 bits per heavy atom. The van der Waals surface area contributed by atoms with Gasteiger partial charge in [-0.25, -0.2) is 13.1 Å². The summed E-state index contributed by atoms with van der Waals surface area (Å²) in [5.41, 5.74) is 2.31. The summed E-state index contributed by atoms with van der Waals surface area (Å²) in [4.78, 5) is 23.1. The van der Waals surface area contributed by atoms with Crippen molar-refractivity contribution in [2.24, 2.45) is 0 Å². The van der Waals surface area contributed by atoms with Gasteiger partial charge in [-0.2, -0.15) is 0 Å². The molecule has 0 spiro atoms. The number of rotatable bonds is 8. The molecule has 8 heteroatoms. The highest BCUT2D eigenvalue weighted by Gasteiger charge is 2.17. The number of carbonyl (C=O) groups is 2. The van der Waals surface area contributed by atoms with E-state index < -0.39 is 10.0 Å². The van der Waals surface area contributed by atoms with Crippen LogP contribution in [0.3, 0.4) is 0 Å². The Bertz CT molecular complexity index is 731. The van der Waals surface area contributed by atoms with Crippen molar-refractivity contribution in [3.63, 3.8) is 0 Å². The summed E-state index contributed by atoms with van der Waals surface area (Å²) in [6, 6.07) is 5.22. The Hall–Kier alpha value is -1.93. The molecule has 0 unspecified atom stereocenters. The molecule has 0 aromatic heterocycles. The van der Waals surface area contributed by atoms with E-state index in [2.05, 4.69) is 15.4 Å². The van der Waals surface area contributed by atoms with Crippen LogP contribution in [0, 0.1) is 0 Å². The first kappa shape index (κ1) is 19.4. The zero-order valence-electron chi connectivity index (χ0n) is 14.4. The van der Waals surface area contributed by atoms with Crippen molar-refractivity contribution in [3.8, 4) is 0 Å². The molecule has 0 aliphatic heterocycles. The predicted octanol–water partition coefficient (Wildman–Crippen LogP) is 0.486. The Morgan fingerprint density at radius 1 is 1.04 bits per heavy atom. The van der Waals surface area contributed by atoms with Crippen LogP contribution in [-0.4, -0.2) is 39.9 Å². The molecule has 1 aliphatic rings. The quantitative estimate of drug-likeness (QED) is 0.622. The number of nitrogens with one attached hydrogen (secondary N) is 3. The van der Waals surface area contributed by atoms with E-state index in [-0.39, 0.29) is 36.2 Å². The summed E-state index contributed by atoms with van der Waals surface area (Å²) in [5.74, 6) is -0.648. The van der Waals surface area contributed by atoms with Crippen LogP contribution in [0.1, 0.15) is 37.3 Å². The maximum absolute atomic E-state index is 12.3. The van der Waals surface area contributed by atoms with Crippen molar-refractivity contribution in [2.75, 3.05) is 19.6 Å². The van der Waals surface area contributed by atoms with Crippen LogP contribution >= 0.6 is 0 Å². The van der Waals surface area contributed by atoms with Crippen LogP contribution < -0.4 is 15.4 Å². The smallest absolute Gasteiger partial charge is 0.240 e. The number of sulfonamides is 1. The summed E-state index contributed by atoms with van der Waals surface area (Å²) >= 11 is 0. The van der Waals surface area contributed by atoms with Gasteiger partial charge in [0.25, 0.3) is 0 Å². The van der Waals surface area contributed by atoms with E-state index in [4.69, 9.17) is 0 Å². The van der Waals surface area contributed by atoms with Gasteiger partial charge in [0.2, 0.25) is 21.8 Å². The molecule has 7 nitrogen and oxygen atoms in total. The van der Waals surface area contributed by atoms with Crippen molar-refractivity contribution in [1.29, 1.82) is 0 Å². The second kappa shape index (κ2) is 8.96. The predicted molar refractivity (Wildman–Crippen MR) is 94.6 cm³/mol. The molecule has 0 bridgehead atoms. The summed E-state index contributed by atoms with van der Waals surface area (Å²) in [6.45, 7) is 2.16. The molecule has 138 valence electrons. The molecule has 0 heterocycles. The molecule has 1 aromatic rings. The molecule has 0 fully saturated rings. The molecular weight excluding hydrogens is 342 g/mol. The van der Waals surface area contributed by atoms with Crippen molar-refractivity contribution >= 4 is 21.8 Å². The van der Waals surface area contributed by atoms with Crippen LogP contribution in [0.5, 0.6) is 0 Å². The Morgan fingerprint density at radius 2 is 1.76 bits per heavy atom. The van der Waals surface area contributed by atoms with Gasteiger partial charge in [0.1, 0.15) is 0 Å². The van der Waals surface area contributed by atoms with Gasteiger partial charge < -0.3 is 10.6 Å². The fourth-order valence-electron chi connectivity index (χ4n) is 2.79. The van der Waals surface area contributed by atoms with Gasteiger partial charge in [-0.05, 0) is 55.9 Å². The first-order valence-corrected chi connectivity index (χ1v) is 10.1. The first-order chi connectivity index (χ1) is 11.9. The molecule has 0 atom stereocenters. The third kappa shape index (κ3) is 5.82. The number of carbonyl (C=O) groups excluding carboxylic acids is 2. The Balaban J connectivity index is 1.83. The number of benzene rings is 1. The van der Waals surface area contributed by atoms with Crippen LogP contribution in [0.25, 0.3) is 0 Å². The van der Waals surface area contributed by atoms with E-state index in [0.29, 0.717) is 6.54 Å². The molecule has 0 radical (unpaired) electrons. The second-order valence-corrected chi connectivity index (χ2v) is 7.78. The average Bonchev–Trinajstić information content (AvgIpc) is 2.59. The molecular formula is C17H25N3O4S. The maximum Gasteiger partial charge on any atom is 0.240 e. The molecule has 2 rings (SSSR count). The molecule has 1 aliphatic carbocycles. The van der Waals surface area contributed by atoms with Crippen molar-refractivity contribution in [2.45, 2.75) is 43.9 Å². The molecule has 0 saturated carbocycles. The third-order valence-electron chi connectivity index (χ3n) is 4.09. The zero-order valence-corrected chi connectivity index (χ0v) is 15.2. The Kier molecular flexibility index (Phi) is 6.95. The molecule has 1 aromatic carbocycles. The maximum atomic E-state index is 12.3. The van der Waals surface area contributed by atoms with E-state index in [0.717, 1.165) is 31.2 Å². The summed E-state index contributed by atoms with van der Waals surface area (Å²) < 4.78 is 27.1. The molecule has 3 N–H and O–H groups in total. The van der Waals surface area contributed by atoms with Crippen LogP contribution in [0.2, 0.25) is 0 Å². The fraction of sp³-hybridized carbons (Fsp3) is 0.529. The zero-order chi connectivity index (χ0) is 18.3. The van der Waals surface area contributed by atoms with Gasteiger partial charge in [-0.3, -0.25) is 9.59 Å². The van der Waals surface area contributed by atoms with Gasteiger partial charge >= 0.3 is 0 Å². The minimum absolute atomic E-state index is 0.0132. The topological polar surface area (TPSA) is 104 Å². The van der Waals surface area contributed by atoms with E-state index >= 15 is 0 Å². The van der Waals surface area contributed by atoms with Crippen LogP contribution in [0.15, 0.2) is 23.1 Å².